The first-order chi connectivity index (χ1) is 6.42. The van der Waals surface area contributed by atoms with Crippen molar-refractivity contribution in [1.82, 2.24) is 0 Å². The highest BCUT2D eigenvalue weighted by atomic mass is 16.1. The third-order valence-electron chi connectivity index (χ3n) is 2.48. The summed E-state index contributed by atoms with van der Waals surface area (Å²) in [6, 6.07) is 10.0. The fourth-order valence-electron chi connectivity index (χ4n) is 1.82. The average Bonchev–Trinajstić information content (AvgIpc) is 2.67. The summed E-state index contributed by atoms with van der Waals surface area (Å²) in [6.07, 6.45) is 4.12. The maximum absolute atomic E-state index is 10.6. The highest BCUT2D eigenvalue weighted by Crippen LogP contribution is 2.23. The molecule has 0 saturated carbocycles. The SMILES string of the molecule is O=[C][C@@H]1CCCN1c1ccccc1. The van der Waals surface area contributed by atoms with E-state index < -0.39 is 0 Å². The van der Waals surface area contributed by atoms with Crippen LogP contribution in [0.15, 0.2) is 30.3 Å². The maximum atomic E-state index is 10.6. The van der Waals surface area contributed by atoms with E-state index in [1.54, 1.807) is 0 Å². The van der Waals surface area contributed by atoms with Crippen molar-refractivity contribution < 1.29 is 4.79 Å². The van der Waals surface area contributed by atoms with Crippen LogP contribution in [0, 0.1) is 0 Å². The lowest BCUT2D eigenvalue weighted by molar-refractivity contribution is 0.541. The zero-order valence-corrected chi connectivity index (χ0v) is 7.44. The van der Waals surface area contributed by atoms with Gasteiger partial charge in [-0.1, -0.05) is 18.2 Å². The van der Waals surface area contributed by atoms with E-state index in [4.69, 9.17) is 0 Å². The van der Waals surface area contributed by atoms with Crippen LogP contribution in [0.4, 0.5) is 5.69 Å². The van der Waals surface area contributed by atoms with Gasteiger partial charge in [0.05, 0.1) is 6.04 Å². The Kier molecular flexibility index (Phi) is 2.30. The van der Waals surface area contributed by atoms with E-state index in [9.17, 15) is 4.79 Å². The standard InChI is InChI=1S/C11H12NO/c13-9-11-7-4-8-12(11)10-5-2-1-3-6-10/h1-3,5-6,11H,4,7-8H2/t11-/m0/s1. The van der Waals surface area contributed by atoms with E-state index in [1.807, 2.05) is 30.3 Å². The summed E-state index contributed by atoms with van der Waals surface area (Å²) in [5.41, 5.74) is 1.13. The van der Waals surface area contributed by atoms with Crippen LogP contribution in [0.1, 0.15) is 12.8 Å². The van der Waals surface area contributed by atoms with Gasteiger partial charge in [0, 0.05) is 12.2 Å². The van der Waals surface area contributed by atoms with E-state index in [1.165, 1.54) is 0 Å². The first-order valence-corrected chi connectivity index (χ1v) is 4.61. The van der Waals surface area contributed by atoms with E-state index in [0.717, 1.165) is 25.1 Å². The topological polar surface area (TPSA) is 20.3 Å². The Morgan fingerprint density at radius 2 is 2.08 bits per heavy atom. The minimum Gasteiger partial charge on any atom is -0.361 e. The Balaban J connectivity index is 2.21. The summed E-state index contributed by atoms with van der Waals surface area (Å²) in [4.78, 5) is 12.7. The highest BCUT2D eigenvalue weighted by molar-refractivity contribution is 5.67. The fourth-order valence-corrected chi connectivity index (χ4v) is 1.82. The zero-order chi connectivity index (χ0) is 9.10. The second-order valence-electron chi connectivity index (χ2n) is 3.30. The second kappa shape index (κ2) is 3.60. The van der Waals surface area contributed by atoms with Gasteiger partial charge in [0.2, 0.25) is 6.29 Å². The van der Waals surface area contributed by atoms with Gasteiger partial charge in [0.15, 0.2) is 0 Å². The van der Waals surface area contributed by atoms with Crippen molar-refractivity contribution in [2.24, 2.45) is 0 Å². The number of carbonyl (C=O) groups excluding carboxylic acids is 1. The minimum atomic E-state index is -0.0256. The summed E-state index contributed by atoms with van der Waals surface area (Å²) in [7, 11) is 0. The predicted molar refractivity (Wildman–Crippen MR) is 52.5 cm³/mol. The quantitative estimate of drug-likeness (QED) is 0.681. The Bertz CT molecular complexity index is 283. The Labute approximate surface area is 78.2 Å². The summed E-state index contributed by atoms with van der Waals surface area (Å²) < 4.78 is 0. The average molecular weight is 174 g/mol. The zero-order valence-electron chi connectivity index (χ0n) is 7.44. The molecular weight excluding hydrogens is 162 g/mol. The molecule has 1 aliphatic heterocycles. The van der Waals surface area contributed by atoms with Crippen molar-refractivity contribution in [1.29, 1.82) is 0 Å². The Morgan fingerprint density at radius 1 is 1.31 bits per heavy atom. The smallest absolute Gasteiger partial charge is 0.222 e. The molecule has 0 spiro atoms. The molecule has 0 aromatic heterocycles. The first kappa shape index (κ1) is 8.30. The molecule has 2 rings (SSSR count). The molecule has 2 heteroatoms. The van der Waals surface area contributed by atoms with Crippen LogP contribution < -0.4 is 4.90 Å². The number of rotatable bonds is 2. The summed E-state index contributed by atoms with van der Waals surface area (Å²) in [5.74, 6) is 0. The molecule has 1 saturated heterocycles. The molecule has 1 atom stereocenters. The van der Waals surface area contributed by atoms with Crippen LogP contribution in [0.3, 0.4) is 0 Å². The van der Waals surface area contributed by atoms with Gasteiger partial charge in [0.1, 0.15) is 0 Å². The van der Waals surface area contributed by atoms with E-state index >= 15 is 0 Å². The van der Waals surface area contributed by atoms with Crippen LogP contribution in [-0.4, -0.2) is 18.9 Å². The van der Waals surface area contributed by atoms with Crippen molar-refractivity contribution in [2.45, 2.75) is 18.9 Å². The number of anilines is 1. The molecule has 0 bridgehead atoms. The number of hydrogen-bond donors (Lipinski definition) is 0. The van der Waals surface area contributed by atoms with Crippen LogP contribution in [0.5, 0.6) is 0 Å². The lowest BCUT2D eigenvalue weighted by Crippen LogP contribution is -2.29. The van der Waals surface area contributed by atoms with Crippen molar-refractivity contribution in [3.05, 3.63) is 30.3 Å². The van der Waals surface area contributed by atoms with Crippen LogP contribution in [0.2, 0.25) is 0 Å². The lowest BCUT2D eigenvalue weighted by Gasteiger charge is -2.21. The largest absolute Gasteiger partial charge is 0.361 e. The molecule has 1 fully saturated rings. The van der Waals surface area contributed by atoms with Crippen molar-refractivity contribution >= 4 is 12.0 Å². The van der Waals surface area contributed by atoms with Crippen LogP contribution >= 0.6 is 0 Å². The molecule has 1 aliphatic rings. The minimum absolute atomic E-state index is 0.0256. The Hall–Kier alpha value is -1.31. The first-order valence-electron chi connectivity index (χ1n) is 4.61. The monoisotopic (exact) mass is 174 g/mol. The molecule has 1 aromatic rings. The van der Waals surface area contributed by atoms with Crippen molar-refractivity contribution in [3.8, 4) is 0 Å². The Morgan fingerprint density at radius 3 is 2.77 bits per heavy atom. The predicted octanol–water partition coefficient (Wildman–Crippen LogP) is 1.77. The van der Waals surface area contributed by atoms with E-state index in [-0.39, 0.29) is 6.04 Å². The molecule has 13 heavy (non-hydrogen) atoms. The van der Waals surface area contributed by atoms with Crippen molar-refractivity contribution in [2.75, 3.05) is 11.4 Å². The summed E-state index contributed by atoms with van der Waals surface area (Å²) in [5, 5.41) is 0. The van der Waals surface area contributed by atoms with E-state index in [0.29, 0.717) is 0 Å². The van der Waals surface area contributed by atoms with E-state index in [2.05, 4.69) is 11.2 Å². The molecule has 1 aromatic carbocycles. The van der Waals surface area contributed by atoms with Gasteiger partial charge in [-0.2, -0.15) is 0 Å². The molecule has 2 nitrogen and oxygen atoms in total. The van der Waals surface area contributed by atoms with Gasteiger partial charge in [-0.15, -0.1) is 0 Å². The van der Waals surface area contributed by atoms with Gasteiger partial charge in [-0.3, -0.25) is 4.79 Å². The van der Waals surface area contributed by atoms with Gasteiger partial charge in [-0.25, -0.2) is 0 Å². The lowest BCUT2D eigenvalue weighted by atomic mass is 10.2. The highest BCUT2D eigenvalue weighted by Gasteiger charge is 2.24. The number of nitrogens with zero attached hydrogens (tertiary/aromatic N) is 1. The number of benzene rings is 1. The maximum Gasteiger partial charge on any atom is 0.222 e. The molecule has 67 valence electrons. The summed E-state index contributed by atoms with van der Waals surface area (Å²) >= 11 is 0. The fraction of sp³-hybridized carbons (Fsp3) is 0.364. The normalized spacial score (nSPS) is 21.8. The number of hydrogen-bond acceptors (Lipinski definition) is 2. The molecule has 0 amide bonds. The van der Waals surface area contributed by atoms with Gasteiger partial charge < -0.3 is 4.90 Å². The van der Waals surface area contributed by atoms with Gasteiger partial charge >= 0.3 is 0 Å². The second-order valence-corrected chi connectivity index (χ2v) is 3.30. The number of para-hydroxylation sites is 1. The molecule has 0 unspecified atom stereocenters. The molecule has 1 radical (unpaired) electrons. The third-order valence-corrected chi connectivity index (χ3v) is 2.48. The molecule has 1 heterocycles. The molecule has 0 aliphatic carbocycles. The molecule has 0 N–H and O–H groups in total. The van der Waals surface area contributed by atoms with Crippen LogP contribution in [0.25, 0.3) is 0 Å². The van der Waals surface area contributed by atoms with Gasteiger partial charge in [0.25, 0.3) is 0 Å². The van der Waals surface area contributed by atoms with Crippen LogP contribution in [-0.2, 0) is 4.79 Å². The molecular formula is C11H12NO. The summed E-state index contributed by atoms with van der Waals surface area (Å²) in [6.45, 7) is 0.976. The third kappa shape index (κ3) is 1.57. The van der Waals surface area contributed by atoms with Gasteiger partial charge in [-0.05, 0) is 25.0 Å². The van der Waals surface area contributed by atoms with Crippen molar-refractivity contribution in [3.63, 3.8) is 0 Å².